The monoisotopic (exact) mass is 248 g/mol. The second-order valence-corrected chi connectivity index (χ2v) is 4.56. The maximum absolute atomic E-state index is 11.8. The first-order chi connectivity index (χ1) is 9.25. The molecule has 1 aliphatic carbocycles. The number of carbonyl (C=O) groups excluding carboxylic acids is 2. The van der Waals surface area contributed by atoms with Crippen molar-refractivity contribution >= 4 is 22.3 Å². The van der Waals surface area contributed by atoms with Crippen molar-refractivity contribution in [3.8, 4) is 0 Å². The number of carbonyl (C=O) groups is 2. The normalized spacial score (nSPS) is 14.8. The Hall–Kier alpha value is -2.48. The van der Waals surface area contributed by atoms with Crippen LogP contribution in [0.3, 0.4) is 0 Å². The van der Waals surface area contributed by atoms with E-state index in [1.165, 1.54) is 6.08 Å². The van der Waals surface area contributed by atoms with E-state index in [0.29, 0.717) is 12.0 Å². The summed E-state index contributed by atoms with van der Waals surface area (Å²) in [6.07, 6.45) is 5.18. The second-order valence-electron chi connectivity index (χ2n) is 4.56. The summed E-state index contributed by atoms with van der Waals surface area (Å²) in [5.74, 6) is -0.826. The van der Waals surface area contributed by atoms with Crippen molar-refractivity contribution in [2.45, 2.75) is 6.42 Å². The molecular weight excluding hydrogens is 236 g/mol. The van der Waals surface area contributed by atoms with Gasteiger partial charge in [0.1, 0.15) is 0 Å². The second kappa shape index (κ2) is 4.65. The lowest BCUT2D eigenvalue weighted by atomic mass is 9.93. The lowest BCUT2D eigenvalue weighted by Gasteiger charge is -2.09. The van der Waals surface area contributed by atoms with E-state index in [4.69, 9.17) is 0 Å². The van der Waals surface area contributed by atoms with Crippen LogP contribution in [0.25, 0.3) is 10.8 Å². The first-order valence-corrected chi connectivity index (χ1v) is 6.18. The highest BCUT2D eigenvalue weighted by Crippen LogP contribution is 2.22. The molecule has 0 fully saturated rings. The van der Waals surface area contributed by atoms with Crippen molar-refractivity contribution in [1.29, 1.82) is 0 Å². The van der Waals surface area contributed by atoms with Crippen LogP contribution in [0.5, 0.6) is 0 Å². The minimum absolute atomic E-state index is 0.393. The lowest BCUT2D eigenvalue weighted by Crippen LogP contribution is -2.17. The van der Waals surface area contributed by atoms with Gasteiger partial charge in [0, 0.05) is 12.0 Å². The highest BCUT2D eigenvalue weighted by molar-refractivity contribution is 6.48. The van der Waals surface area contributed by atoms with Gasteiger partial charge in [-0.3, -0.25) is 9.59 Å². The Morgan fingerprint density at radius 3 is 2.58 bits per heavy atom. The van der Waals surface area contributed by atoms with Crippen molar-refractivity contribution in [2.24, 2.45) is 0 Å². The molecule has 0 radical (unpaired) electrons. The van der Waals surface area contributed by atoms with Gasteiger partial charge in [0.25, 0.3) is 0 Å². The molecule has 0 spiro atoms. The first kappa shape index (κ1) is 11.6. The van der Waals surface area contributed by atoms with Gasteiger partial charge >= 0.3 is 0 Å². The highest BCUT2D eigenvalue weighted by atomic mass is 16.2. The fourth-order valence-electron chi connectivity index (χ4n) is 2.35. The zero-order valence-electron chi connectivity index (χ0n) is 10.3. The molecule has 0 amide bonds. The number of hydrogen-bond acceptors (Lipinski definition) is 2. The summed E-state index contributed by atoms with van der Waals surface area (Å²) in [6, 6.07) is 14.1. The number of rotatable bonds is 2. The Kier molecular flexibility index (Phi) is 2.84. The summed E-state index contributed by atoms with van der Waals surface area (Å²) >= 11 is 0. The number of allylic oxidation sites excluding steroid dienone is 4. The molecule has 0 aromatic heterocycles. The number of Topliss-reactive ketones (excluding diaryl/α,β-unsaturated/α-hetero) is 1. The number of hydrogen-bond donors (Lipinski definition) is 0. The Bertz CT molecular complexity index is 731. The van der Waals surface area contributed by atoms with Gasteiger partial charge in [-0.15, -0.1) is 0 Å². The summed E-state index contributed by atoms with van der Waals surface area (Å²) in [4.78, 5) is 23.2. The van der Waals surface area contributed by atoms with E-state index in [2.05, 4.69) is 0 Å². The van der Waals surface area contributed by atoms with E-state index in [-0.39, 0.29) is 0 Å². The van der Waals surface area contributed by atoms with Crippen LogP contribution in [0.2, 0.25) is 0 Å². The Morgan fingerprint density at radius 2 is 1.68 bits per heavy atom. The molecule has 2 aromatic carbocycles. The fraction of sp³-hybridized carbons (Fsp3) is 0.0588. The van der Waals surface area contributed by atoms with E-state index in [9.17, 15) is 9.59 Å². The highest BCUT2D eigenvalue weighted by Gasteiger charge is 2.19. The number of ketones is 2. The van der Waals surface area contributed by atoms with Crippen molar-refractivity contribution in [1.82, 2.24) is 0 Å². The van der Waals surface area contributed by atoms with Crippen LogP contribution in [0.4, 0.5) is 0 Å². The third-order valence-electron chi connectivity index (χ3n) is 3.32. The minimum atomic E-state index is -0.433. The van der Waals surface area contributed by atoms with Gasteiger partial charge in [-0.1, -0.05) is 54.6 Å². The van der Waals surface area contributed by atoms with Gasteiger partial charge in [-0.05, 0) is 22.4 Å². The predicted octanol–water partition coefficient (Wildman–Crippen LogP) is 3.02. The third-order valence-corrected chi connectivity index (χ3v) is 3.32. The van der Waals surface area contributed by atoms with Gasteiger partial charge < -0.3 is 0 Å². The van der Waals surface area contributed by atoms with Gasteiger partial charge in [0.05, 0.1) is 0 Å². The Morgan fingerprint density at radius 1 is 0.895 bits per heavy atom. The average molecular weight is 248 g/mol. The number of fused-ring (bicyclic) bond motifs is 1. The SMILES string of the molecule is O=C1C=CC=C(Cc2cccc3ccccc23)C1=O. The molecule has 0 atom stereocenters. The lowest BCUT2D eigenvalue weighted by molar-refractivity contribution is -0.131. The molecule has 19 heavy (non-hydrogen) atoms. The standard InChI is InChI=1S/C17H12O2/c18-16-10-4-8-14(17(16)19)11-13-7-3-6-12-5-1-2-9-15(12)13/h1-10H,11H2. The maximum Gasteiger partial charge on any atom is 0.229 e. The summed E-state index contributed by atoms with van der Waals surface area (Å²) < 4.78 is 0. The Labute approximate surface area is 111 Å². The number of benzene rings is 2. The average Bonchev–Trinajstić information content (AvgIpc) is 2.44. The minimum Gasteiger partial charge on any atom is -0.286 e. The van der Waals surface area contributed by atoms with E-state index >= 15 is 0 Å². The van der Waals surface area contributed by atoms with Crippen molar-refractivity contribution in [3.05, 3.63) is 71.8 Å². The molecule has 0 bridgehead atoms. The molecule has 0 unspecified atom stereocenters. The van der Waals surface area contributed by atoms with Gasteiger partial charge in [-0.25, -0.2) is 0 Å². The molecule has 2 aromatic rings. The van der Waals surface area contributed by atoms with Crippen LogP contribution < -0.4 is 0 Å². The van der Waals surface area contributed by atoms with Crippen LogP contribution >= 0.6 is 0 Å². The van der Waals surface area contributed by atoms with E-state index < -0.39 is 11.6 Å². The maximum atomic E-state index is 11.8. The molecule has 0 saturated heterocycles. The van der Waals surface area contributed by atoms with E-state index in [0.717, 1.165) is 16.3 Å². The predicted molar refractivity (Wildman–Crippen MR) is 74.9 cm³/mol. The Balaban J connectivity index is 2.03. The van der Waals surface area contributed by atoms with Gasteiger partial charge in [-0.2, -0.15) is 0 Å². The van der Waals surface area contributed by atoms with Crippen LogP contribution in [-0.4, -0.2) is 11.6 Å². The van der Waals surface area contributed by atoms with Crippen LogP contribution in [-0.2, 0) is 16.0 Å². The van der Waals surface area contributed by atoms with E-state index in [1.54, 1.807) is 12.2 Å². The van der Waals surface area contributed by atoms with Gasteiger partial charge in [0.2, 0.25) is 11.6 Å². The van der Waals surface area contributed by atoms with E-state index in [1.807, 2.05) is 42.5 Å². The molecule has 3 rings (SSSR count). The summed E-state index contributed by atoms with van der Waals surface area (Å²) in [7, 11) is 0. The van der Waals surface area contributed by atoms with Crippen molar-refractivity contribution in [3.63, 3.8) is 0 Å². The quantitative estimate of drug-likeness (QED) is 0.604. The van der Waals surface area contributed by atoms with Crippen LogP contribution in [0, 0.1) is 0 Å². The summed E-state index contributed by atoms with van der Waals surface area (Å²) in [5, 5.41) is 2.27. The molecule has 0 aliphatic heterocycles. The zero-order chi connectivity index (χ0) is 13.2. The smallest absolute Gasteiger partial charge is 0.229 e. The molecule has 92 valence electrons. The molecule has 0 saturated carbocycles. The topological polar surface area (TPSA) is 34.1 Å². The van der Waals surface area contributed by atoms with Crippen LogP contribution in [0.15, 0.2) is 66.3 Å². The third kappa shape index (κ3) is 2.13. The van der Waals surface area contributed by atoms with Gasteiger partial charge in [0.15, 0.2) is 0 Å². The fourth-order valence-corrected chi connectivity index (χ4v) is 2.35. The molecule has 1 aliphatic rings. The molecule has 0 heterocycles. The summed E-state index contributed by atoms with van der Waals surface area (Å²) in [5.41, 5.74) is 1.63. The first-order valence-electron chi connectivity index (χ1n) is 6.18. The molecule has 0 N–H and O–H groups in total. The summed E-state index contributed by atoms with van der Waals surface area (Å²) in [6.45, 7) is 0. The van der Waals surface area contributed by atoms with Crippen molar-refractivity contribution < 1.29 is 9.59 Å². The molecule has 2 heteroatoms. The molecule has 2 nitrogen and oxygen atoms in total. The zero-order valence-corrected chi connectivity index (χ0v) is 10.3. The largest absolute Gasteiger partial charge is 0.286 e. The molecular formula is C17H12O2. The van der Waals surface area contributed by atoms with Crippen LogP contribution in [0.1, 0.15) is 5.56 Å². The van der Waals surface area contributed by atoms with Crippen molar-refractivity contribution in [2.75, 3.05) is 0 Å².